The third kappa shape index (κ3) is 4.00. The molecule has 1 saturated heterocycles. The summed E-state index contributed by atoms with van der Waals surface area (Å²) in [6.45, 7) is 1.74. The van der Waals surface area contributed by atoms with Gasteiger partial charge >= 0.3 is 0 Å². The Morgan fingerprint density at radius 3 is 2.87 bits per heavy atom. The lowest BCUT2D eigenvalue weighted by Gasteiger charge is -2.43. The van der Waals surface area contributed by atoms with Crippen LogP contribution in [0.25, 0.3) is 11.1 Å². The molecule has 6 nitrogen and oxygen atoms in total. The summed E-state index contributed by atoms with van der Waals surface area (Å²) in [5.41, 5.74) is 8.43. The van der Waals surface area contributed by atoms with Gasteiger partial charge in [-0.15, -0.1) is 0 Å². The van der Waals surface area contributed by atoms with Crippen LogP contribution in [-0.2, 0) is 4.79 Å². The van der Waals surface area contributed by atoms with Crippen molar-refractivity contribution in [2.45, 2.75) is 18.6 Å². The Kier molecular flexibility index (Phi) is 5.66. The van der Waals surface area contributed by atoms with Gasteiger partial charge in [-0.3, -0.25) is 9.69 Å². The highest BCUT2D eigenvalue weighted by atomic mass is 35.5. The molecule has 30 heavy (non-hydrogen) atoms. The maximum Gasteiger partial charge on any atom is 0.216 e. The van der Waals surface area contributed by atoms with E-state index >= 15 is 0 Å². The number of carbonyl (C=O) groups is 1. The molecule has 2 aliphatic heterocycles. The number of benzene rings is 2. The Bertz CT molecular complexity index is 979. The number of piperidine rings is 1. The van der Waals surface area contributed by atoms with Crippen LogP contribution in [0.4, 0.5) is 4.39 Å². The Labute approximate surface area is 180 Å². The first-order chi connectivity index (χ1) is 14.4. The molecule has 2 unspecified atom stereocenters. The SMILES string of the molecule is CN1CCC2Oc3ccc(-c4cc(F)cc(Cl)c4)cc3C(/N=C(/N)N(C)C=O)[C@H]2C1. The highest BCUT2D eigenvalue weighted by Crippen LogP contribution is 2.45. The average molecular weight is 431 g/mol. The number of ether oxygens (including phenoxy) is 1. The van der Waals surface area contributed by atoms with Crippen molar-refractivity contribution in [3.05, 3.63) is 52.8 Å². The number of amides is 1. The number of hydrogen-bond donors (Lipinski definition) is 1. The predicted octanol–water partition coefficient (Wildman–Crippen LogP) is 3.30. The van der Waals surface area contributed by atoms with Gasteiger partial charge in [-0.1, -0.05) is 17.7 Å². The van der Waals surface area contributed by atoms with Crippen LogP contribution in [0.5, 0.6) is 5.75 Å². The summed E-state index contributed by atoms with van der Waals surface area (Å²) in [5.74, 6) is 0.574. The fourth-order valence-corrected chi connectivity index (χ4v) is 4.44. The Morgan fingerprint density at radius 2 is 2.13 bits per heavy atom. The van der Waals surface area contributed by atoms with Gasteiger partial charge < -0.3 is 15.4 Å². The largest absolute Gasteiger partial charge is 0.490 e. The van der Waals surface area contributed by atoms with Crippen LogP contribution in [-0.4, -0.2) is 55.5 Å². The molecule has 0 saturated carbocycles. The molecule has 3 atom stereocenters. The summed E-state index contributed by atoms with van der Waals surface area (Å²) in [6.07, 6.45) is 1.54. The molecule has 0 aromatic heterocycles. The number of aliphatic imine (C=N–C) groups is 1. The van der Waals surface area contributed by atoms with Crippen molar-refractivity contribution in [1.82, 2.24) is 9.80 Å². The van der Waals surface area contributed by atoms with E-state index in [1.54, 1.807) is 13.1 Å². The lowest BCUT2D eigenvalue weighted by molar-refractivity contribution is -0.114. The smallest absolute Gasteiger partial charge is 0.216 e. The van der Waals surface area contributed by atoms with Gasteiger partial charge in [0.1, 0.15) is 17.7 Å². The summed E-state index contributed by atoms with van der Waals surface area (Å²) >= 11 is 6.05. The number of likely N-dealkylation sites (tertiary alicyclic amines) is 1. The van der Waals surface area contributed by atoms with E-state index < -0.39 is 5.82 Å². The molecule has 2 N–H and O–H groups in total. The second-order valence-corrected chi connectivity index (χ2v) is 8.37. The van der Waals surface area contributed by atoms with Crippen LogP contribution >= 0.6 is 11.6 Å². The van der Waals surface area contributed by atoms with E-state index in [0.717, 1.165) is 36.4 Å². The first-order valence-electron chi connectivity index (χ1n) is 9.82. The van der Waals surface area contributed by atoms with E-state index in [2.05, 4.69) is 11.9 Å². The number of hydrogen-bond acceptors (Lipinski definition) is 4. The molecule has 1 fully saturated rings. The van der Waals surface area contributed by atoms with Crippen molar-refractivity contribution in [1.29, 1.82) is 0 Å². The summed E-state index contributed by atoms with van der Waals surface area (Å²) in [4.78, 5) is 19.4. The predicted molar refractivity (Wildman–Crippen MR) is 115 cm³/mol. The lowest BCUT2D eigenvalue weighted by Crippen LogP contribution is -2.48. The second-order valence-electron chi connectivity index (χ2n) is 7.93. The first kappa shape index (κ1) is 20.6. The first-order valence-corrected chi connectivity index (χ1v) is 10.2. The zero-order valence-corrected chi connectivity index (χ0v) is 17.6. The summed E-state index contributed by atoms with van der Waals surface area (Å²) < 4.78 is 20.2. The molecular weight excluding hydrogens is 407 g/mol. The molecular formula is C22H24ClFN4O2. The number of fused-ring (bicyclic) bond motifs is 2. The van der Waals surface area contributed by atoms with Crippen LogP contribution in [0.15, 0.2) is 41.4 Å². The van der Waals surface area contributed by atoms with E-state index in [1.165, 1.54) is 17.0 Å². The van der Waals surface area contributed by atoms with Crippen LogP contribution in [0.1, 0.15) is 18.0 Å². The van der Waals surface area contributed by atoms with Crippen molar-refractivity contribution in [3.63, 3.8) is 0 Å². The third-order valence-electron chi connectivity index (χ3n) is 5.79. The highest BCUT2D eigenvalue weighted by Gasteiger charge is 2.41. The van der Waals surface area contributed by atoms with E-state index in [0.29, 0.717) is 17.0 Å². The number of nitrogens with zero attached hydrogens (tertiary/aromatic N) is 3. The van der Waals surface area contributed by atoms with Crippen LogP contribution in [0.3, 0.4) is 0 Å². The molecule has 2 aromatic carbocycles. The van der Waals surface area contributed by atoms with E-state index in [-0.39, 0.29) is 24.0 Å². The normalized spacial score (nSPS) is 23.9. The van der Waals surface area contributed by atoms with Gasteiger partial charge in [-0.05, 0) is 54.9 Å². The minimum Gasteiger partial charge on any atom is -0.490 e. The zero-order valence-electron chi connectivity index (χ0n) is 16.9. The second kappa shape index (κ2) is 8.24. The number of nitrogens with two attached hydrogens (primary N) is 1. The number of guanidine groups is 1. The zero-order chi connectivity index (χ0) is 21.4. The molecule has 158 valence electrons. The van der Waals surface area contributed by atoms with Crippen LogP contribution in [0.2, 0.25) is 5.02 Å². The third-order valence-corrected chi connectivity index (χ3v) is 6.01. The van der Waals surface area contributed by atoms with E-state index in [1.807, 2.05) is 18.2 Å². The number of halogens is 2. The molecule has 1 amide bonds. The maximum absolute atomic E-state index is 13.9. The summed E-state index contributed by atoms with van der Waals surface area (Å²) in [5, 5.41) is 0.333. The molecule has 0 bridgehead atoms. The van der Waals surface area contributed by atoms with Gasteiger partial charge in [0.05, 0.1) is 6.04 Å². The number of rotatable bonds is 3. The van der Waals surface area contributed by atoms with Gasteiger partial charge in [0, 0.05) is 36.6 Å². The van der Waals surface area contributed by atoms with Crippen molar-refractivity contribution < 1.29 is 13.9 Å². The topological polar surface area (TPSA) is 71.2 Å². The maximum atomic E-state index is 13.9. The monoisotopic (exact) mass is 430 g/mol. The molecule has 0 spiro atoms. The van der Waals surface area contributed by atoms with E-state index in [4.69, 9.17) is 27.1 Å². The lowest BCUT2D eigenvalue weighted by atomic mass is 9.81. The summed E-state index contributed by atoms with van der Waals surface area (Å²) in [7, 11) is 3.64. The van der Waals surface area contributed by atoms with Crippen molar-refractivity contribution >= 4 is 24.0 Å². The Balaban J connectivity index is 1.81. The fourth-order valence-electron chi connectivity index (χ4n) is 4.21. The number of carbonyl (C=O) groups excluding carboxylic acids is 1. The van der Waals surface area contributed by atoms with Gasteiger partial charge in [0.25, 0.3) is 0 Å². The van der Waals surface area contributed by atoms with E-state index in [9.17, 15) is 9.18 Å². The quantitative estimate of drug-likeness (QED) is 0.460. The standard InChI is InChI=1S/C22H24ClFN4O2/c1-27-6-5-20-18(11-27)21(26-22(25)28(2)12-29)17-9-13(3-4-19(17)30-20)14-7-15(23)10-16(24)8-14/h3-4,7-10,12,18,20-21H,5-6,11H2,1-2H3,(H2,25,26)/t18-,20?,21?/m0/s1. The molecule has 4 rings (SSSR count). The van der Waals surface area contributed by atoms with Gasteiger partial charge in [-0.2, -0.15) is 0 Å². The molecule has 2 aliphatic rings. The Hall–Kier alpha value is -2.64. The minimum atomic E-state index is -0.396. The molecule has 0 aliphatic carbocycles. The van der Waals surface area contributed by atoms with Crippen molar-refractivity contribution in [2.24, 2.45) is 16.6 Å². The average Bonchev–Trinajstić information content (AvgIpc) is 2.72. The molecule has 8 heteroatoms. The Morgan fingerprint density at radius 1 is 1.33 bits per heavy atom. The van der Waals surface area contributed by atoms with Crippen LogP contribution in [0, 0.1) is 11.7 Å². The minimum absolute atomic E-state index is 0.0197. The van der Waals surface area contributed by atoms with Gasteiger partial charge in [-0.25, -0.2) is 9.38 Å². The summed E-state index contributed by atoms with van der Waals surface area (Å²) in [6, 6.07) is 9.89. The van der Waals surface area contributed by atoms with Crippen LogP contribution < -0.4 is 10.5 Å². The van der Waals surface area contributed by atoms with Gasteiger partial charge in [0.15, 0.2) is 5.96 Å². The van der Waals surface area contributed by atoms with Gasteiger partial charge in [0.2, 0.25) is 6.41 Å². The molecule has 2 aromatic rings. The molecule has 2 heterocycles. The fraction of sp³-hybridized carbons (Fsp3) is 0.364. The van der Waals surface area contributed by atoms with Crippen molar-refractivity contribution in [2.75, 3.05) is 27.2 Å². The highest BCUT2D eigenvalue weighted by molar-refractivity contribution is 6.30. The molecule has 0 radical (unpaired) electrons. The van der Waals surface area contributed by atoms with Crippen molar-refractivity contribution in [3.8, 4) is 16.9 Å².